The quantitative estimate of drug-likeness (QED) is 0.0534. The summed E-state index contributed by atoms with van der Waals surface area (Å²) in [6.45, 7) is 9.03. The molecule has 0 fully saturated rings. The van der Waals surface area contributed by atoms with Crippen molar-refractivity contribution >= 4 is 11.4 Å². The third-order valence-electron chi connectivity index (χ3n) is 11.5. The van der Waals surface area contributed by atoms with Crippen LogP contribution in [0.4, 0.5) is 11.4 Å². The van der Waals surface area contributed by atoms with Crippen molar-refractivity contribution < 1.29 is 0 Å². The number of benzene rings is 4. The van der Waals surface area contributed by atoms with Crippen molar-refractivity contribution in [2.75, 3.05) is 11.5 Å². The largest absolute Gasteiger partial charge is 0.399 e. The molecule has 0 aliphatic heterocycles. The fraction of sp³-hybridized carbons (Fsp3) is 0.520. The standard InChI is InChI=1S/C50H72N2/c1-5-7-9-11-13-19-23-49(47-35-33-45(51)37-39(47)3)43-29-25-41(26-30-43)21-17-15-16-18-22-42-27-31-44(32-28-42)50(24-20-14-12-10-8-6-2)48-36-34-46(52)38-40(48)4/h25-38,49-50H,5-24,51-52H2,1-4H3. The SMILES string of the molecule is CCCCCCCCC(c1ccc(CCCCCCc2ccc(C(CCCCCCCC)c3ccc(N)cc3C)cc2)cc1)c1ccc(N)cc1C. The van der Waals surface area contributed by atoms with Crippen LogP contribution in [0.3, 0.4) is 0 Å². The number of aryl methyl sites for hydroxylation is 4. The van der Waals surface area contributed by atoms with E-state index in [0.717, 1.165) is 11.4 Å². The van der Waals surface area contributed by atoms with Gasteiger partial charge in [0.1, 0.15) is 0 Å². The first kappa shape index (κ1) is 41.2. The molecule has 2 heteroatoms. The molecule has 2 atom stereocenters. The Hall–Kier alpha value is -3.52. The second-order valence-corrected chi connectivity index (χ2v) is 15.8. The number of nitrogen functional groups attached to an aromatic ring is 2. The molecule has 4 aromatic rings. The molecule has 0 saturated heterocycles. The highest BCUT2D eigenvalue weighted by Gasteiger charge is 2.18. The molecule has 0 heterocycles. The maximum atomic E-state index is 6.13. The van der Waals surface area contributed by atoms with Crippen LogP contribution in [-0.2, 0) is 12.8 Å². The van der Waals surface area contributed by atoms with E-state index in [2.05, 4.69) is 113 Å². The highest BCUT2D eigenvalue weighted by Crippen LogP contribution is 2.35. The molecule has 0 bridgehead atoms. The van der Waals surface area contributed by atoms with Crippen molar-refractivity contribution in [3.8, 4) is 0 Å². The minimum atomic E-state index is 0.447. The summed E-state index contributed by atoms with van der Waals surface area (Å²) in [7, 11) is 0. The van der Waals surface area contributed by atoms with Gasteiger partial charge < -0.3 is 11.5 Å². The van der Waals surface area contributed by atoms with Crippen molar-refractivity contribution in [2.45, 2.75) is 168 Å². The average Bonchev–Trinajstić information content (AvgIpc) is 3.14. The summed E-state index contributed by atoms with van der Waals surface area (Å²) >= 11 is 0. The van der Waals surface area contributed by atoms with Gasteiger partial charge in [-0.05, 0) is 121 Å². The molecule has 52 heavy (non-hydrogen) atoms. The third kappa shape index (κ3) is 13.8. The fourth-order valence-corrected chi connectivity index (χ4v) is 8.29. The highest BCUT2D eigenvalue weighted by atomic mass is 14.5. The zero-order valence-electron chi connectivity index (χ0n) is 33.5. The van der Waals surface area contributed by atoms with E-state index >= 15 is 0 Å². The fourth-order valence-electron chi connectivity index (χ4n) is 8.29. The second kappa shape index (κ2) is 23.2. The highest BCUT2D eigenvalue weighted by molar-refractivity contribution is 5.49. The van der Waals surface area contributed by atoms with Gasteiger partial charge in [0, 0.05) is 23.2 Å². The Morgan fingerprint density at radius 2 is 0.750 bits per heavy atom. The summed E-state index contributed by atoms with van der Waals surface area (Å²) in [6, 6.07) is 32.2. The van der Waals surface area contributed by atoms with Crippen molar-refractivity contribution in [3.63, 3.8) is 0 Å². The molecule has 0 aliphatic rings. The van der Waals surface area contributed by atoms with E-state index in [4.69, 9.17) is 11.5 Å². The Morgan fingerprint density at radius 1 is 0.404 bits per heavy atom. The van der Waals surface area contributed by atoms with Gasteiger partial charge in [-0.3, -0.25) is 0 Å². The predicted molar refractivity (Wildman–Crippen MR) is 230 cm³/mol. The van der Waals surface area contributed by atoms with E-state index in [9.17, 15) is 0 Å². The van der Waals surface area contributed by atoms with Crippen LogP contribution in [0.1, 0.15) is 186 Å². The van der Waals surface area contributed by atoms with Gasteiger partial charge in [0.05, 0.1) is 0 Å². The smallest absolute Gasteiger partial charge is 0.0316 e. The molecular formula is C50H72N2. The van der Waals surface area contributed by atoms with Gasteiger partial charge in [-0.1, -0.05) is 164 Å². The lowest BCUT2D eigenvalue weighted by Crippen LogP contribution is -2.05. The molecular weight excluding hydrogens is 629 g/mol. The van der Waals surface area contributed by atoms with Crippen LogP contribution < -0.4 is 11.5 Å². The van der Waals surface area contributed by atoms with Gasteiger partial charge in [-0.2, -0.15) is 0 Å². The lowest BCUT2D eigenvalue weighted by molar-refractivity contribution is 0.567. The van der Waals surface area contributed by atoms with Crippen LogP contribution in [-0.4, -0.2) is 0 Å². The summed E-state index contributed by atoms with van der Waals surface area (Å²) in [5.74, 6) is 0.894. The minimum Gasteiger partial charge on any atom is -0.399 e. The normalized spacial score (nSPS) is 12.6. The van der Waals surface area contributed by atoms with Crippen molar-refractivity contribution in [2.24, 2.45) is 0 Å². The van der Waals surface area contributed by atoms with E-state index in [-0.39, 0.29) is 0 Å². The van der Waals surface area contributed by atoms with Crippen LogP contribution in [0.15, 0.2) is 84.9 Å². The Labute approximate surface area is 319 Å². The Kier molecular flexibility index (Phi) is 18.4. The maximum absolute atomic E-state index is 6.13. The molecule has 4 aromatic carbocycles. The number of nitrogens with two attached hydrogens (primary N) is 2. The van der Waals surface area contributed by atoms with Gasteiger partial charge >= 0.3 is 0 Å². The Bertz CT molecular complexity index is 1430. The predicted octanol–water partition coefficient (Wildman–Crippen LogP) is 14.6. The zero-order chi connectivity index (χ0) is 37.0. The van der Waals surface area contributed by atoms with E-state index in [1.165, 1.54) is 173 Å². The summed E-state index contributed by atoms with van der Waals surface area (Å²) < 4.78 is 0. The lowest BCUT2D eigenvalue weighted by atomic mass is 9.84. The number of hydrogen-bond donors (Lipinski definition) is 2. The Balaban J connectivity index is 1.23. The average molecular weight is 701 g/mol. The van der Waals surface area contributed by atoms with Gasteiger partial charge in [0.2, 0.25) is 0 Å². The molecule has 2 nitrogen and oxygen atoms in total. The van der Waals surface area contributed by atoms with Crippen LogP contribution in [0.5, 0.6) is 0 Å². The molecule has 0 amide bonds. The monoisotopic (exact) mass is 701 g/mol. The minimum absolute atomic E-state index is 0.447. The van der Waals surface area contributed by atoms with Crippen LogP contribution in [0.25, 0.3) is 0 Å². The first-order chi connectivity index (χ1) is 25.4. The van der Waals surface area contributed by atoms with Gasteiger partial charge in [0.25, 0.3) is 0 Å². The Morgan fingerprint density at radius 3 is 1.12 bits per heavy atom. The van der Waals surface area contributed by atoms with Crippen LogP contribution in [0.2, 0.25) is 0 Å². The molecule has 0 aromatic heterocycles. The summed E-state index contributed by atoms with van der Waals surface area (Å²) in [4.78, 5) is 0. The molecule has 282 valence electrons. The van der Waals surface area contributed by atoms with E-state index < -0.39 is 0 Å². The maximum Gasteiger partial charge on any atom is 0.0316 e. The molecule has 0 aliphatic carbocycles. The summed E-state index contributed by atoms with van der Waals surface area (Å²) in [5, 5.41) is 0. The number of unbranched alkanes of at least 4 members (excludes halogenated alkanes) is 13. The van der Waals surface area contributed by atoms with E-state index in [1.54, 1.807) is 0 Å². The summed E-state index contributed by atoms with van der Waals surface area (Å²) in [6.07, 6.45) is 25.9. The second-order valence-electron chi connectivity index (χ2n) is 15.8. The number of anilines is 2. The van der Waals surface area contributed by atoms with E-state index in [1.807, 2.05) is 0 Å². The van der Waals surface area contributed by atoms with Crippen LogP contribution >= 0.6 is 0 Å². The molecule has 0 spiro atoms. The molecule has 2 unspecified atom stereocenters. The molecule has 4 N–H and O–H groups in total. The molecule has 0 saturated carbocycles. The van der Waals surface area contributed by atoms with Gasteiger partial charge in [-0.15, -0.1) is 0 Å². The lowest BCUT2D eigenvalue weighted by Gasteiger charge is -2.21. The van der Waals surface area contributed by atoms with Crippen molar-refractivity contribution in [3.05, 3.63) is 129 Å². The molecule has 4 rings (SSSR count). The molecule has 0 radical (unpaired) electrons. The summed E-state index contributed by atoms with van der Waals surface area (Å²) in [5.41, 5.74) is 25.3. The van der Waals surface area contributed by atoms with Crippen LogP contribution in [0, 0.1) is 13.8 Å². The van der Waals surface area contributed by atoms with Gasteiger partial charge in [0.15, 0.2) is 0 Å². The number of rotatable bonds is 25. The van der Waals surface area contributed by atoms with Crippen molar-refractivity contribution in [1.82, 2.24) is 0 Å². The first-order valence-corrected chi connectivity index (χ1v) is 21.3. The third-order valence-corrected chi connectivity index (χ3v) is 11.5. The van der Waals surface area contributed by atoms with Gasteiger partial charge in [-0.25, -0.2) is 0 Å². The first-order valence-electron chi connectivity index (χ1n) is 21.3. The topological polar surface area (TPSA) is 52.0 Å². The van der Waals surface area contributed by atoms with Crippen molar-refractivity contribution in [1.29, 1.82) is 0 Å². The zero-order valence-corrected chi connectivity index (χ0v) is 33.5. The van der Waals surface area contributed by atoms with E-state index in [0.29, 0.717) is 11.8 Å². The number of hydrogen-bond acceptors (Lipinski definition) is 2.